The first-order valence-electron chi connectivity index (χ1n) is 10.1. The smallest absolute Gasteiger partial charge is 0.251 e. The molecule has 1 aliphatic rings. The van der Waals surface area contributed by atoms with Crippen molar-refractivity contribution < 1.29 is 14.3 Å². The Morgan fingerprint density at radius 2 is 1.93 bits per heavy atom. The number of aryl methyl sites for hydroxylation is 1. The van der Waals surface area contributed by atoms with Crippen LogP contribution in [0.1, 0.15) is 45.9 Å². The van der Waals surface area contributed by atoms with E-state index in [0.29, 0.717) is 22.9 Å². The molecule has 0 fully saturated rings. The molecule has 0 heterocycles. The SMILES string of the molecule is COc1ccc2c(c1)CCC[C@@H]2NC(=O)c1cccc(OCc2ccccc2Cl)c1. The molecule has 4 rings (SSSR count). The summed E-state index contributed by atoms with van der Waals surface area (Å²) in [5.74, 6) is 1.38. The third-order valence-electron chi connectivity index (χ3n) is 5.42. The van der Waals surface area contributed by atoms with Crippen molar-refractivity contribution in [2.24, 2.45) is 0 Å². The average molecular weight is 422 g/mol. The molecule has 0 bridgehead atoms. The van der Waals surface area contributed by atoms with Crippen LogP contribution in [-0.4, -0.2) is 13.0 Å². The predicted octanol–water partition coefficient (Wildman–Crippen LogP) is 5.74. The van der Waals surface area contributed by atoms with Gasteiger partial charge in [-0.25, -0.2) is 0 Å². The minimum Gasteiger partial charge on any atom is -0.497 e. The molecule has 1 amide bonds. The molecule has 1 atom stereocenters. The highest BCUT2D eigenvalue weighted by molar-refractivity contribution is 6.31. The van der Waals surface area contributed by atoms with Crippen LogP contribution in [0.25, 0.3) is 0 Å². The number of carbonyl (C=O) groups is 1. The third-order valence-corrected chi connectivity index (χ3v) is 5.79. The average Bonchev–Trinajstić information content (AvgIpc) is 2.78. The standard InChI is InChI=1S/C25H24ClNO3/c1-29-20-12-13-22-17(14-20)7-5-11-24(22)27-25(28)18-8-4-9-21(15-18)30-16-19-6-2-3-10-23(19)26/h2-4,6,8-10,12-15,24H,5,7,11,16H2,1H3,(H,27,28)/t24-/m0/s1. The van der Waals surface area contributed by atoms with Crippen LogP contribution in [0.4, 0.5) is 0 Å². The molecule has 0 aromatic heterocycles. The molecule has 0 saturated carbocycles. The lowest BCUT2D eigenvalue weighted by atomic mass is 9.87. The molecule has 0 unspecified atom stereocenters. The van der Waals surface area contributed by atoms with Gasteiger partial charge in [0.1, 0.15) is 18.1 Å². The lowest BCUT2D eigenvalue weighted by molar-refractivity contribution is 0.0932. The summed E-state index contributed by atoms with van der Waals surface area (Å²) in [4.78, 5) is 12.9. The van der Waals surface area contributed by atoms with Crippen LogP contribution < -0.4 is 14.8 Å². The molecule has 0 spiro atoms. The Morgan fingerprint density at radius 3 is 2.77 bits per heavy atom. The van der Waals surface area contributed by atoms with Crippen LogP contribution in [0.3, 0.4) is 0 Å². The van der Waals surface area contributed by atoms with Gasteiger partial charge in [-0.05, 0) is 66.8 Å². The largest absolute Gasteiger partial charge is 0.497 e. The van der Waals surface area contributed by atoms with Crippen LogP contribution >= 0.6 is 11.6 Å². The van der Waals surface area contributed by atoms with Crippen molar-refractivity contribution >= 4 is 17.5 Å². The van der Waals surface area contributed by atoms with Gasteiger partial charge >= 0.3 is 0 Å². The van der Waals surface area contributed by atoms with E-state index in [4.69, 9.17) is 21.1 Å². The molecule has 4 nitrogen and oxygen atoms in total. The molecule has 0 radical (unpaired) electrons. The van der Waals surface area contributed by atoms with E-state index in [2.05, 4.69) is 17.4 Å². The number of nitrogens with one attached hydrogen (secondary N) is 1. The maximum Gasteiger partial charge on any atom is 0.251 e. The van der Waals surface area contributed by atoms with Crippen molar-refractivity contribution in [3.05, 3.63) is 94.0 Å². The van der Waals surface area contributed by atoms with Gasteiger partial charge < -0.3 is 14.8 Å². The normalized spacial score (nSPS) is 15.2. The van der Waals surface area contributed by atoms with Crippen LogP contribution in [0.15, 0.2) is 66.7 Å². The Balaban J connectivity index is 1.45. The molecule has 3 aromatic carbocycles. The molecule has 1 aliphatic carbocycles. The van der Waals surface area contributed by atoms with E-state index in [1.165, 1.54) is 11.1 Å². The highest BCUT2D eigenvalue weighted by atomic mass is 35.5. The zero-order valence-electron chi connectivity index (χ0n) is 16.9. The van der Waals surface area contributed by atoms with E-state index >= 15 is 0 Å². The van der Waals surface area contributed by atoms with E-state index in [1.54, 1.807) is 19.2 Å². The Labute approximate surface area is 181 Å². The minimum absolute atomic E-state index is 0.000133. The van der Waals surface area contributed by atoms with Crippen LogP contribution in [0, 0.1) is 0 Å². The van der Waals surface area contributed by atoms with Crippen LogP contribution in [-0.2, 0) is 13.0 Å². The lowest BCUT2D eigenvalue weighted by Crippen LogP contribution is -2.31. The molecule has 0 saturated heterocycles. The van der Waals surface area contributed by atoms with E-state index in [0.717, 1.165) is 30.6 Å². The first-order valence-corrected chi connectivity index (χ1v) is 10.5. The maximum absolute atomic E-state index is 12.9. The van der Waals surface area contributed by atoms with Gasteiger partial charge in [-0.15, -0.1) is 0 Å². The van der Waals surface area contributed by atoms with E-state index in [-0.39, 0.29) is 11.9 Å². The molecule has 30 heavy (non-hydrogen) atoms. The summed E-state index contributed by atoms with van der Waals surface area (Å²) < 4.78 is 11.2. The molecule has 1 N–H and O–H groups in total. The lowest BCUT2D eigenvalue weighted by Gasteiger charge is -2.27. The van der Waals surface area contributed by atoms with Gasteiger partial charge in [-0.3, -0.25) is 4.79 Å². The first kappa shape index (κ1) is 20.3. The van der Waals surface area contributed by atoms with Crippen molar-refractivity contribution in [1.82, 2.24) is 5.32 Å². The fraction of sp³-hybridized carbons (Fsp3) is 0.240. The monoisotopic (exact) mass is 421 g/mol. The zero-order chi connectivity index (χ0) is 20.9. The number of amides is 1. The molecule has 0 aliphatic heterocycles. The summed E-state index contributed by atoms with van der Waals surface area (Å²) in [5.41, 5.74) is 3.89. The number of hydrogen-bond acceptors (Lipinski definition) is 3. The third kappa shape index (κ3) is 4.60. The Kier molecular flexibility index (Phi) is 6.24. The van der Waals surface area contributed by atoms with Crippen LogP contribution in [0.5, 0.6) is 11.5 Å². The van der Waals surface area contributed by atoms with Crippen molar-refractivity contribution in [2.45, 2.75) is 31.9 Å². The Hall–Kier alpha value is -2.98. The quantitative estimate of drug-likeness (QED) is 0.552. The van der Waals surface area contributed by atoms with Crippen molar-refractivity contribution in [3.63, 3.8) is 0 Å². The molecule has 154 valence electrons. The Bertz CT molecular complexity index is 1050. The minimum atomic E-state index is -0.105. The Morgan fingerprint density at radius 1 is 1.07 bits per heavy atom. The van der Waals surface area contributed by atoms with Crippen molar-refractivity contribution in [3.8, 4) is 11.5 Å². The summed E-state index contributed by atoms with van der Waals surface area (Å²) in [6.45, 7) is 0.350. The topological polar surface area (TPSA) is 47.6 Å². The van der Waals surface area contributed by atoms with Gasteiger partial charge in [0.15, 0.2) is 0 Å². The van der Waals surface area contributed by atoms with Gasteiger partial charge in [0.05, 0.1) is 13.2 Å². The number of fused-ring (bicyclic) bond motifs is 1. The molecular formula is C25H24ClNO3. The molecular weight excluding hydrogens is 398 g/mol. The van der Waals surface area contributed by atoms with E-state index in [1.807, 2.05) is 42.5 Å². The summed E-state index contributed by atoms with van der Waals surface area (Å²) in [6, 6.07) is 20.9. The number of methoxy groups -OCH3 is 1. The highest BCUT2D eigenvalue weighted by Gasteiger charge is 2.23. The second-order valence-corrected chi connectivity index (χ2v) is 7.80. The molecule has 5 heteroatoms. The van der Waals surface area contributed by atoms with Crippen molar-refractivity contribution in [1.29, 1.82) is 0 Å². The van der Waals surface area contributed by atoms with Gasteiger partial charge in [0.25, 0.3) is 5.91 Å². The van der Waals surface area contributed by atoms with Gasteiger partial charge in [-0.2, -0.15) is 0 Å². The predicted molar refractivity (Wildman–Crippen MR) is 118 cm³/mol. The number of rotatable bonds is 6. The number of benzene rings is 3. The van der Waals surface area contributed by atoms with Gasteiger partial charge in [0, 0.05) is 16.1 Å². The summed E-state index contributed by atoms with van der Waals surface area (Å²) >= 11 is 6.19. The zero-order valence-corrected chi connectivity index (χ0v) is 17.6. The summed E-state index contributed by atoms with van der Waals surface area (Å²) in [7, 11) is 1.67. The second kappa shape index (κ2) is 9.23. The number of carbonyl (C=O) groups excluding carboxylic acids is 1. The summed E-state index contributed by atoms with van der Waals surface area (Å²) in [6.07, 6.45) is 2.96. The van der Waals surface area contributed by atoms with E-state index in [9.17, 15) is 4.79 Å². The highest BCUT2D eigenvalue weighted by Crippen LogP contribution is 2.32. The fourth-order valence-corrected chi connectivity index (χ4v) is 4.00. The summed E-state index contributed by atoms with van der Waals surface area (Å²) in [5, 5.41) is 3.85. The first-order chi connectivity index (χ1) is 14.6. The second-order valence-electron chi connectivity index (χ2n) is 7.39. The van der Waals surface area contributed by atoms with Gasteiger partial charge in [0.2, 0.25) is 0 Å². The van der Waals surface area contributed by atoms with Crippen molar-refractivity contribution in [2.75, 3.05) is 7.11 Å². The van der Waals surface area contributed by atoms with Gasteiger partial charge in [-0.1, -0.05) is 41.9 Å². The molecule has 3 aromatic rings. The number of halogens is 1. The number of ether oxygens (including phenoxy) is 2. The maximum atomic E-state index is 12.9. The number of hydrogen-bond donors (Lipinski definition) is 1. The fourth-order valence-electron chi connectivity index (χ4n) is 3.81. The van der Waals surface area contributed by atoms with Crippen LogP contribution in [0.2, 0.25) is 5.02 Å². The van der Waals surface area contributed by atoms with E-state index < -0.39 is 0 Å².